The summed E-state index contributed by atoms with van der Waals surface area (Å²) < 4.78 is 82.9. The number of aryl methyl sites for hydroxylation is 4. The highest BCUT2D eigenvalue weighted by molar-refractivity contribution is 7.81. The zero-order chi connectivity index (χ0) is 75.4. The van der Waals surface area contributed by atoms with Gasteiger partial charge in [-0.1, -0.05) is 139 Å². The smallest absolute Gasteiger partial charge is 0.446 e. The molecule has 0 saturated heterocycles. The molecule has 0 heterocycles. The quantitative estimate of drug-likeness (QED) is 0.0252. The Morgan fingerprint density at radius 3 is 1.13 bits per heavy atom. The molecule has 0 radical (unpaired) electrons. The Bertz CT molecular complexity index is 3990. The summed E-state index contributed by atoms with van der Waals surface area (Å²) in [4.78, 5) is 106. The Labute approximate surface area is 589 Å². The van der Waals surface area contributed by atoms with Gasteiger partial charge in [0.2, 0.25) is 35.4 Å². The van der Waals surface area contributed by atoms with E-state index in [0.717, 1.165) is 38.9 Å². The maximum Gasteiger partial charge on any atom is 0.446 e. The molecular formula is C70H82N8O22S2. The molecule has 7 aromatic carbocycles. The van der Waals surface area contributed by atoms with E-state index in [-0.39, 0.29) is 81.0 Å². The number of rotatable bonds is 31. The highest BCUT2D eigenvalue weighted by Crippen LogP contribution is 2.18. The van der Waals surface area contributed by atoms with Gasteiger partial charge in [0.15, 0.2) is 0 Å². The van der Waals surface area contributed by atoms with Crippen molar-refractivity contribution in [2.75, 3.05) is 51.2 Å². The van der Waals surface area contributed by atoms with Crippen molar-refractivity contribution in [2.24, 2.45) is 5.73 Å². The van der Waals surface area contributed by atoms with E-state index in [1.807, 2.05) is 119 Å². The zero-order valence-electron chi connectivity index (χ0n) is 56.4. The number of nitrogens with two attached hydrogens (primary N) is 1. The van der Waals surface area contributed by atoms with E-state index in [4.69, 9.17) is 34.2 Å². The first-order chi connectivity index (χ1) is 48.2. The van der Waals surface area contributed by atoms with Crippen LogP contribution < -0.4 is 51.3 Å². The average Bonchev–Trinajstić information content (AvgIpc) is 0.876. The van der Waals surface area contributed by atoms with Gasteiger partial charge in [-0.25, -0.2) is 9.59 Å². The lowest BCUT2D eigenvalue weighted by molar-refractivity contribution is -0.139. The third-order valence-corrected chi connectivity index (χ3v) is 14.5. The van der Waals surface area contributed by atoms with Gasteiger partial charge >= 0.3 is 38.8 Å². The molecule has 4 atom stereocenters. The van der Waals surface area contributed by atoms with Crippen LogP contribution in [0, 0.1) is 27.7 Å². The first kappa shape index (κ1) is 83.3. The van der Waals surface area contributed by atoms with Crippen molar-refractivity contribution in [1.82, 2.24) is 26.6 Å². The topological polar surface area (TPSA) is 459 Å². The summed E-state index contributed by atoms with van der Waals surface area (Å²) in [5, 5.41) is 35.9. The fourth-order valence-corrected chi connectivity index (χ4v) is 9.47. The maximum absolute atomic E-state index is 12.2. The number of benzene rings is 7. The summed E-state index contributed by atoms with van der Waals surface area (Å²) in [6.45, 7) is 6.66. The molecule has 7 amide bonds. The molecular weight excluding hydrogens is 1370 g/mol. The van der Waals surface area contributed by atoms with Gasteiger partial charge in [0.1, 0.15) is 68.7 Å². The minimum atomic E-state index is -4.64. The van der Waals surface area contributed by atoms with Crippen LogP contribution in [0.1, 0.15) is 50.1 Å². The van der Waals surface area contributed by atoms with Crippen LogP contribution in [0.25, 0.3) is 0 Å². The minimum Gasteiger partial charge on any atom is -0.480 e. The zero-order valence-corrected chi connectivity index (χ0v) is 58.1. The largest absolute Gasteiger partial charge is 0.480 e. The summed E-state index contributed by atoms with van der Waals surface area (Å²) in [7, 11) is -6.15. The fourth-order valence-electron chi connectivity index (χ4n) is 8.76. The molecule has 546 valence electrons. The normalized spacial score (nSPS) is 11.9. The second-order valence-corrected chi connectivity index (χ2v) is 24.5. The molecule has 13 N–H and O–H groups in total. The van der Waals surface area contributed by atoms with Gasteiger partial charge in [-0.15, -0.1) is 0 Å². The Morgan fingerprint density at radius 1 is 0.412 bits per heavy atom. The molecule has 0 bridgehead atoms. The molecule has 102 heavy (non-hydrogen) atoms. The molecule has 0 aliphatic rings. The van der Waals surface area contributed by atoms with E-state index in [0.29, 0.717) is 35.3 Å². The number of carboxylic acids is 2. The van der Waals surface area contributed by atoms with E-state index < -0.39 is 74.8 Å². The van der Waals surface area contributed by atoms with Crippen molar-refractivity contribution in [3.05, 3.63) is 226 Å². The van der Waals surface area contributed by atoms with Gasteiger partial charge in [-0.05, 0) is 122 Å². The van der Waals surface area contributed by atoms with Crippen molar-refractivity contribution in [3.8, 4) is 11.5 Å². The van der Waals surface area contributed by atoms with Crippen LogP contribution in [0.3, 0.4) is 0 Å². The van der Waals surface area contributed by atoms with Crippen LogP contribution in [-0.2, 0) is 106 Å². The number of hydrogen-bond donors (Lipinski definition) is 12. The lowest BCUT2D eigenvalue weighted by atomic mass is 10.0. The number of carbonyl (C=O) groups excluding carboxylic acids is 7. The van der Waals surface area contributed by atoms with E-state index in [1.54, 1.807) is 36.4 Å². The Kier molecular flexibility index (Phi) is 34.9. The number of hydrogen-bond acceptors (Lipinski definition) is 19. The van der Waals surface area contributed by atoms with Crippen LogP contribution in [0.4, 0.5) is 16.2 Å². The Morgan fingerprint density at radius 2 is 0.775 bits per heavy atom. The molecule has 0 saturated carbocycles. The highest BCUT2D eigenvalue weighted by Gasteiger charge is 2.24. The second-order valence-electron chi connectivity index (χ2n) is 22.4. The molecule has 0 aliphatic carbocycles. The number of likely N-dealkylation sites (N-methyl/N-ethyl adjacent to an activating group) is 2. The Balaban J connectivity index is 0.000000293. The molecule has 4 unspecified atom stereocenters. The van der Waals surface area contributed by atoms with E-state index in [9.17, 15) is 65.1 Å². The van der Waals surface area contributed by atoms with Crippen LogP contribution in [0.2, 0.25) is 0 Å². The molecule has 0 aromatic heterocycles. The van der Waals surface area contributed by atoms with Crippen LogP contribution in [-0.4, -0.2) is 154 Å². The second kappa shape index (κ2) is 42.7. The average molecular weight is 1450 g/mol. The van der Waals surface area contributed by atoms with Gasteiger partial charge in [0, 0.05) is 44.7 Å². The number of anilines is 2. The molecule has 0 fully saturated rings. The molecule has 30 nitrogen and oxygen atoms in total. The maximum atomic E-state index is 12.2. The fraction of sp³-hybridized carbons (Fsp3) is 0.271. The summed E-state index contributed by atoms with van der Waals surface area (Å²) in [6.07, 6.45) is -0.111. The standard InChI is InChI=1S/2C22H27N3O4.C17H17NO8S.C9H11NO6S/c2*1-15-7-9-17(10-8-15)12-19(22(28)23-3)25-21(27)14-29-13-20(26)24-18-6-4-5-16(2)11-18;19-16(20)15(18-17(21)25-11-13-4-2-1-3-5-13)10-12-6-8-14(9-7-12)26-27(22,23)24;10-8(9(11)12)5-6-1-3-7(4-2-6)16-17(13,14)15/h2*4-11,19H,12-14H2,1-3H3,(H,23,28)(H,24,26)(H,25,27);1-9,15H,10-11H2,(H,18,21)(H,19,20)(H,22,23,24);1-4,8H,5,10H2,(H,11,12)(H,13,14,15). The van der Waals surface area contributed by atoms with Crippen LogP contribution in [0.15, 0.2) is 176 Å². The number of aliphatic carboxylic acids is 2. The lowest BCUT2D eigenvalue weighted by Crippen LogP contribution is -2.48. The summed E-state index contributed by atoms with van der Waals surface area (Å²) in [6, 6.07) is 46.2. The number of ether oxygens (including phenoxy) is 3. The SMILES string of the molecule is CNC(=O)C(Cc1ccc(C)cc1)NC(=O)COCC(=O)Nc1cccc(C)c1.CNC(=O)C(Cc1ccc(C)cc1)NC(=O)COCC(=O)Nc1cccc(C)c1.NC(Cc1ccc(OS(=O)(=O)O)cc1)C(=O)O.O=C(NC(Cc1ccc(OS(=O)(=O)O)cc1)C(=O)O)OCc1ccccc1. The van der Waals surface area contributed by atoms with Gasteiger partial charge in [-0.2, -0.15) is 16.8 Å². The summed E-state index contributed by atoms with van der Waals surface area (Å²) in [5.74, 6) is -4.82. The molecule has 0 aliphatic heterocycles. The molecule has 0 spiro atoms. The van der Waals surface area contributed by atoms with Gasteiger partial charge in [0.25, 0.3) is 0 Å². The molecule has 7 aromatic rings. The number of amides is 7. The number of carboxylic acid groups (broad SMARTS) is 2. The van der Waals surface area contributed by atoms with Crippen molar-refractivity contribution in [1.29, 1.82) is 0 Å². The lowest BCUT2D eigenvalue weighted by Gasteiger charge is -2.17. The number of alkyl carbamates (subject to hydrolysis) is 1. The van der Waals surface area contributed by atoms with Gasteiger partial charge < -0.3 is 75.7 Å². The van der Waals surface area contributed by atoms with Crippen molar-refractivity contribution in [2.45, 2.75) is 84.2 Å². The minimum absolute atomic E-state index is 0.000676. The predicted octanol–water partition coefficient (Wildman–Crippen LogP) is 5.08. The summed E-state index contributed by atoms with van der Waals surface area (Å²) in [5.41, 5.74) is 14.7. The monoisotopic (exact) mass is 1450 g/mol. The first-order valence-electron chi connectivity index (χ1n) is 31.0. The van der Waals surface area contributed by atoms with Gasteiger partial charge in [-0.3, -0.25) is 42.7 Å². The van der Waals surface area contributed by atoms with Crippen molar-refractivity contribution < 1.29 is 102 Å². The number of carbonyl (C=O) groups is 9. The Hall–Kier alpha value is -11.1. The number of nitrogens with one attached hydrogen (secondary N) is 7. The predicted molar refractivity (Wildman–Crippen MR) is 374 cm³/mol. The highest BCUT2D eigenvalue weighted by atomic mass is 32.3. The van der Waals surface area contributed by atoms with Crippen LogP contribution >= 0.6 is 0 Å². The molecule has 7 rings (SSSR count). The van der Waals surface area contributed by atoms with E-state index >= 15 is 0 Å². The molecule has 32 heteroatoms. The third-order valence-electron chi connectivity index (χ3n) is 13.7. The van der Waals surface area contributed by atoms with E-state index in [1.165, 1.54) is 62.6 Å². The summed E-state index contributed by atoms with van der Waals surface area (Å²) >= 11 is 0. The third kappa shape index (κ3) is 35.1. The first-order valence-corrected chi connectivity index (χ1v) is 33.7. The van der Waals surface area contributed by atoms with Crippen LogP contribution in [0.5, 0.6) is 11.5 Å². The van der Waals surface area contributed by atoms with E-state index in [2.05, 4.69) is 45.6 Å². The van der Waals surface area contributed by atoms with Crippen molar-refractivity contribution in [3.63, 3.8) is 0 Å². The van der Waals surface area contributed by atoms with Gasteiger partial charge in [0.05, 0.1) is 0 Å². The van der Waals surface area contributed by atoms with Crippen molar-refractivity contribution >= 4 is 85.6 Å².